The average molecular weight is 839 g/mol. The van der Waals surface area contributed by atoms with Crippen molar-refractivity contribution in [2.24, 2.45) is 0 Å². The van der Waals surface area contributed by atoms with E-state index in [0.29, 0.717) is 11.5 Å². The summed E-state index contributed by atoms with van der Waals surface area (Å²) in [7, 11) is 0. The number of hydrogen-bond donors (Lipinski definition) is 0. The van der Waals surface area contributed by atoms with E-state index < -0.39 is 0 Å². The minimum Gasteiger partial charge on any atom is -0.509 e. The maximum atomic E-state index is 6.52. The van der Waals surface area contributed by atoms with Gasteiger partial charge in [0.2, 0.25) is 0 Å². The minimum atomic E-state index is -0.132. The number of aromatic nitrogens is 2. The number of pyridine rings is 1. The summed E-state index contributed by atoms with van der Waals surface area (Å²) in [5.41, 5.74) is 11.1. The molecule has 6 heteroatoms. The Labute approximate surface area is 311 Å². The molecule has 0 spiro atoms. The van der Waals surface area contributed by atoms with Crippen LogP contribution in [0.5, 0.6) is 11.5 Å². The molecule has 51 heavy (non-hydrogen) atoms. The molecule has 250 valence electrons. The van der Waals surface area contributed by atoms with Crippen LogP contribution in [0.4, 0.5) is 22.7 Å². The maximum Gasteiger partial charge on any atom is 0.135 e. The van der Waals surface area contributed by atoms with Gasteiger partial charge >= 0.3 is 0 Å². The number of nitrogens with zero attached hydrogens (tertiary/aromatic N) is 4. The van der Waals surface area contributed by atoms with Crippen LogP contribution < -0.4 is 14.5 Å². The predicted molar refractivity (Wildman–Crippen MR) is 202 cm³/mol. The fourth-order valence-corrected chi connectivity index (χ4v) is 7.73. The van der Waals surface area contributed by atoms with E-state index in [1.165, 1.54) is 22.3 Å². The van der Waals surface area contributed by atoms with E-state index in [1.807, 2.05) is 30.5 Å². The van der Waals surface area contributed by atoms with Gasteiger partial charge in [0.15, 0.2) is 0 Å². The van der Waals surface area contributed by atoms with E-state index in [1.54, 1.807) is 0 Å². The van der Waals surface area contributed by atoms with Gasteiger partial charge in [-0.2, -0.15) is 12.1 Å². The van der Waals surface area contributed by atoms with Crippen LogP contribution in [-0.4, -0.2) is 9.55 Å². The molecule has 3 heterocycles. The van der Waals surface area contributed by atoms with Crippen LogP contribution in [0.1, 0.15) is 25.0 Å². The molecule has 0 saturated carbocycles. The van der Waals surface area contributed by atoms with Crippen molar-refractivity contribution in [3.05, 3.63) is 176 Å². The minimum absolute atomic E-state index is 0. The van der Waals surface area contributed by atoms with Crippen molar-refractivity contribution in [3.8, 4) is 28.4 Å². The number of benzene rings is 6. The zero-order chi connectivity index (χ0) is 33.4. The first-order valence-electron chi connectivity index (χ1n) is 16.9. The van der Waals surface area contributed by atoms with Gasteiger partial charge in [-0.1, -0.05) is 92.2 Å². The second-order valence-electron chi connectivity index (χ2n) is 13.4. The Morgan fingerprint density at radius 3 is 2.22 bits per heavy atom. The van der Waals surface area contributed by atoms with Crippen LogP contribution in [-0.2, 0) is 26.5 Å². The fraction of sp³-hybridized carbons (Fsp3) is 0.0667. The standard InChI is InChI=1S/C45H31N4O.Pt/c1-45(2)38-19-8-6-17-34(38)37-28-46-44(27-39(37)45)49-40-20-9-7-18-35(40)36-24-23-33(26-43(36)49)50-32-16-12-15-31(25-32)48-29-47(30-13-4-3-5-14-30)41-21-10-11-22-42(41)48;/h3-24,27-29H,1-2H3;/q-3;. The van der Waals surface area contributed by atoms with E-state index in [0.717, 1.165) is 50.4 Å². The largest absolute Gasteiger partial charge is 0.509 e. The molecule has 0 saturated heterocycles. The molecule has 0 radical (unpaired) electrons. The average Bonchev–Trinajstić information content (AvgIpc) is 3.78. The van der Waals surface area contributed by atoms with E-state index in [-0.39, 0.29) is 26.5 Å². The van der Waals surface area contributed by atoms with Gasteiger partial charge in [-0.05, 0) is 58.5 Å². The molecule has 0 atom stereocenters. The zero-order valence-corrected chi connectivity index (χ0v) is 30.2. The van der Waals surface area contributed by atoms with Crippen molar-refractivity contribution in [3.63, 3.8) is 0 Å². The summed E-state index contributed by atoms with van der Waals surface area (Å²) in [4.78, 5) is 9.41. The van der Waals surface area contributed by atoms with Gasteiger partial charge in [-0.25, -0.2) is 4.98 Å². The van der Waals surface area contributed by atoms with Crippen molar-refractivity contribution in [2.45, 2.75) is 19.3 Å². The second kappa shape index (κ2) is 12.0. The van der Waals surface area contributed by atoms with Gasteiger partial charge in [-0.15, -0.1) is 48.1 Å². The van der Waals surface area contributed by atoms with Crippen molar-refractivity contribution in [2.75, 3.05) is 9.80 Å². The first-order chi connectivity index (χ1) is 24.5. The van der Waals surface area contributed by atoms with Gasteiger partial charge in [0.1, 0.15) is 5.82 Å². The van der Waals surface area contributed by atoms with Crippen molar-refractivity contribution in [1.29, 1.82) is 0 Å². The molecule has 0 fully saturated rings. The SMILES string of the molecule is CC1(C)c2ccccc2-c2cnc(-n3c4[c-]c(Oc5[c-]c(N6[CH-]N(c7ccccc7)c7ccccc76)ccc5)ccc4c4ccccc43)cc21.[Pt]. The van der Waals surface area contributed by atoms with E-state index in [9.17, 15) is 0 Å². The number of anilines is 4. The summed E-state index contributed by atoms with van der Waals surface area (Å²) in [6.07, 6.45) is 2.03. The normalized spacial score (nSPS) is 13.9. The summed E-state index contributed by atoms with van der Waals surface area (Å²) in [6.45, 7) is 6.71. The molecule has 1 aliphatic heterocycles. The molecule has 0 bridgehead atoms. The Kier molecular flexibility index (Phi) is 7.38. The number of para-hydroxylation sites is 4. The van der Waals surface area contributed by atoms with Gasteiger partial charge in [0, 0.05) is 72.3 Å². The molecule has 0 N–H and O–H groups in total. The molecular weight excluding hydrogens is 808 g/mol. The molecule has 2 aliphatic rings. The number of fused-ring (bicyclic) bond motifs is 7. The van der Waals surface area contributed by atoms with Crippen LogP contribution in [0.15, 0.2) is 146 Å². The quantitative estimate of drug-likeness (QED) is 0.162. The summed E-state index contributed by atoms with van der Waals surface area (Å²) in [6, 6.07) is 55.4. The van der Waals surface area contributed by atoms with E-state index in [2.05, 4.69) is 162 Å². The van der Waals surface area contributed by atoms with E-state index in [4.69, 9.17) is 9.72 Å². The second-order valence-corrected chi connectivity index (χ2v) is 13.4. The molecule has 0 amide bonds. The van der Waals surface area contributed by atoms with E-state index >= 15 is 0 Å². The summed E-state index contributed by atoms with van der Waals surface area (Å²) in [5.74, 6) is 2.09. The van der Waals surface area contributed by atoms with Gasteiger partial charge in [-0.3, -0.25) is 0 Å². The zero-order valence-electron chi connectivity index (χ0n) is 27.9. The molecule has 8 aromatic rings. The van der Waals surface area contributed by atoms with Crippen LogP contribution in [0.25, 0.3) is 38.8 Å². The Balaban J connectivity index is 0.00000348. The fourth-order valence-electron chi connectivity index (χ4n) is 7.73. The molecule has 1 aliphatic carbocycles. The monoisotopic (exact) mass is 838 g/mol. The van der Waals surface area contributed by atoms with Gasteiger partial charge in [0.05, 0.1) is 0 Å². The van der Waals surface area contributed by atoms with Crippen LogP contribution in [0.3, 0.4) is 0 Å². The number of hydrogen-bond acceptors (Lipinski definition) is 4. The predicted octanol–water partition coefficient (Wildman–Crippen LogP) is 11.3. The first kappa shape index (κ1) is 31.3. The molecule has 2 aromatic heterocycles. The maximum absolute atomic E-state index is 6.52. The molecular formula is C45H31N4OPt-3. The van der Waals surface area contributed by atoms with Crippen molar-refractivity contribution < 1.29 is 25.8 Å². The molecule has 5 nitrogen and oxygen atoms in total. The Morgan fingerprint density at radius 2 is 1.35 bits per heavy atom. The van der Waals surface area contributed by atoms with Crippen molar-refractivity contribution in [1.82, 2.24) is 9.55 Å². The number of rotatable bonds is 5. The summed E-state index contributed by atoms with van der Waals surface area (Å²) >= 11 is 0. The Morgan fingerprint density at radius 1 is 0.627 bits per heavy atom. The Hall–Kier alpha value is -5.64. The first-order valence-corrected chi connectivity index (χ1v) is 16.9. The molecule has 10 rings (SSSR count). The van der Waals surface area contributed by atoms with Crippen molar-refractivity contribution >= 4 is 44.6 Å². The summed E-state index contributed by atoms with van der Waals surface area (Å²) < 4.78 is 8.74. The molecule has 0 unspecified atom stereocenters. The van der Waals surface area contributed by atoms with Crippen LogP contribution in [0, 0.1) is 18.8 Å². The third-order valence-electron chi connectivity index (χ3n) is 10.1. The topological polar surface area (TPSA) is 33.5 Å². The third-order valence-corrected chi connectivity index (χ3v) is 10.1. The Bertz CT molecular complexity index is 2610. The van der Waals surface area contributed by atoms with Crippen LogP contribution >= 0.6 is 0 Å². The van der Waals surface area contributed by atoms with Gasteiger partial charge < -0.3 is 19.1 Å². The number of ether oxygens (including phenoxy) is 1. The molecule has 6 aromatic carbocycles. The van der Waals surface area contributed by atoms with Crippen LogP contribution in [0.2, 0.25) is 0 Å². The summed E-state index contributed by atoms with van der Waals surface area (Å²) in [5, 5.41) is 2.25. The third kappa shape index (κ3) is 4.91. The smallest absolute Gasteiger partial charge is 0.135 e. The van der Waals surface area contributed by atoms with Gasteiger partial charge in [0.25, 0.3) is 0 Å².